The van der Waals surface area contributed by atoms with Gasteiger partial charge in [0.25, 0.3) is 0 Å². The summed E-state index contributed by atoms with van der Waals surface area (Å²) in [5.74, 6) is 0.0530. The van der Waals surface area contributed by atoms with Crippen molar-refractivity contribution in [1.29, 1.82) is 0 Å². The van der Waals surface area contributed by atoms with Crippen molar-refractivity contribution in [2.24, 2.45) is 0 Å². The van der Waals surface area contributed by atoms with E-state index in [0.29, 0.717) is 13.1 Å². The molecule has 1 aromatic rings. The number of aliphatic hydroxyl groups is 1. The third-order valence-electron chi connectivity index (χ3n) is 3.89. The van der Waals surface area contributed by atoms with E-state index in [1.54, 1.807) is 4.90 Å². The highest BCUT2D eigenvalue weighted by atomic mass is 16.3. The van der Waals surface area contributed by atoms with Gasteiger partial charge < -0.3 is 10.0 Å². The minimum Gasteiger partial charge on any atom is -0.394 e. The number of rotatable bonds is 6. The van der Waals surface area contributed by atoms with Crippen molar-refractivity contribution in [1.82, 2.24) is 9.80 Å². The van der Waals surface area contributed by atoms with Gasteiger partial charge in [-0.25, -0.2) is 0 Å². The number of aryl methyl sites for hydroxylation is 1. The molecule has 0 unspecified atom stereocenters. The topological polar surface area (TPSA) is 43.8 Å². The van der Waals surface area contributed by atoms with Gasteiger partial charge in [0, 0.05) is 19.1 Å². The van der Waals surface area contributed by atoms with E-state index < -0.39 is 0 Å². The van der Waals surface area contributed by atoms with Crippen molar-refractivity contribution in [3.8, 4) is 0 Å². The summed E-state index contributed by atoms with van der Waals surface area (Å²) in [7, 11) is 3.67. The molecule has 0 fully saturated rings. The first-order valence-corrected chi connectivity index (χ1v) is 6.88. The fourth-order valence-electron chi connectivity index (χ4n) is 1.79. The Morgan fingerprint density at radius 1 is 1.25 bits per heavy atom. The highest BCUT2D eigenvalue weighted by Crippen LogP contribution is 2.13. The van der Waals surface area contributed by atoms with E-state index in [2.05, 4.69) is 13.0 Å². The molecule has 0 atom stereocenters. The summed E-state index contributed by atoms with van der Waals surface area (Å²) >= 11 is 0. The number of amides is 1. The van der Waals surface area contributed by atoms with Gasteiger partial charge in [0.1, 0.15) is 0 Å². The minimum atomic E-state index is -0.390. The molecule has 0 spiro atoms. The van der Waals surface area contributed by atoms with E-state index in [0.717, 1.165) is 5.56 Å². The SMILES string of the molecule is Cc1ccccc1CN(C)C(=O)CN(C)C(C)(C)CO. The first kappa shape index (κ1) is 16.7. The number of nitrogens with zero attached hydrogens (tertiary/aromatic N) is 2. The summed E-state index contributed by atoms with van der Waals surface area (Å²) in [6.07, 6.45) is 0. The van der Waals surface area contributed by atoms with Gasteiger partial charge in [-0.05, 0) is 38.9 Å². The van der Waals surface area contributed by atoms with E-state index in [9.17, 15) is 9.90 Å². The van der Waals surface area contributed by atoms with Crippen LogP contribution in [0.15, 0.2) is 24.3 Å². The van der Waals surface area contributed by atoms with Crippen molar-refractivity contribution < 1.29 is 9.90 Å². The molecular formula is C16H26N2O2. The smallest absolute Gasteiger partial charge is 0.236 e. The lowest BCUT2D eigenvalue weighted by Crippen LogP contribution is -2.48. The Kier molecular flexibility index (Phi) is 5.72. The van der Waals surface area contributed by atoms with Crippen LogP contribution in [0.3, 0.4) is 0 Å². The Labute approximate surface area is 122 Å². The number of likely N-dealkylation sites (N-methyl/N-ethyl adjacent to an activating group) is 2. The number of carbonyl (C=O) groups is 1. The van der Waals surface area contributed by atoms with Crippen LogP contribution < -0.4 is 0 Å². The quantitative estimate of drug-likeness (QED) is 0.860. The van der Waals surface area contributed by atoms with E-state index in [1.165, 1.54) is 5.56 Å². The average Bonchev–Trinajstić information content (AvgIpc) is 2.41. The lowest BCUT2D eigenvalue weighted by Gasteiger charge is -2.34. The second-order valence-corrected chi connectivity index (χ2v) is 6.00. The molecule has 0 radical (unpaired) electrons. The fraction of sp³-hybridized carbons (Fsp3) is 0.562. The van der Waals surface area contributed by atoms with Crippen LogP contribution in [-0.2, 0) is 11.3 Å². The number of hydrogen-bond donors (Lipinski definition) is 1. The molecule has 4 nitrogen and oxygen atoms in total. The Balaban J connectivity index is 2.62. The summed E-state index contributed by atoms with van der Waals surface area (Å²) in [6, 6.07) is 8.08. The van der Waals surface area contributed by atoms with Gasteiger partial charge in [0.2, 0.25) is 5.91 Å². The number of benzene rings is 1. The summed E-state index contributed by atoms with van der Waals surface area (Å²) in [5.41, 5.74) is 1.96. The Hall–Kier alpha value is -1.39. The van der Waals surface area contributed by atoms with E-state index in [-0.39, 0.29) is 18.1 Å². The van der Waals surface area contributed by atoms with E-state index in [1.807, 2.05) is 51.0 Å². The monoisotopic (exact) mass is 278 g/mol. The largest absolute Gasteiger partial charge is 0.394 e. The predicted molar refractivity (Wildman–Crippen MR) is 81.4 cm³/mol. The van der Waals surface area contributed by atoms with Crippen LogP contribution in [0, 0.1) is 6.92 Å². The summed E-state index contributed by atoms with van der Waals surface area (Å²) in [5, 5.41) is 9.32. The molecule has 0 bridgehead atoms. The Morgan fingerprint density at radius 3 is 2.40 bits per heavy atom. The van der Waals surface area contributed by atoms with Gasteiger partial charge in [-0.15, -0.1) is 0 Å². The van der Waals surface area contributed by atoms with Crippen molar-refractivity contribution in [2.75, 3.05) is 27.2 Å². The van der Waals surface area contributed by atoms with Crippen LogP contribution in [0.25, 0.3) is 0 Å². The molecule has 0 aliphatic carbocycles. The van der Waals surface area contributed by atoms with Crippen LogP contribution in [0.5, 0.6) is 0 Å². The van der Waals surface area contributed by atoms with Gasteiger partial charge in [-0.2, -0.15) is 0 Å². The van der Waals surface area contributed by atoms with Crippen LogP contribution in [0.2, 0.25) is 0 Å². The molecule has 1 amide bonds. The van der Waals surface area contributed by atoms with Crippen LogP contribution >= 0.6 is 0 Å². The molecule has 112 valence electrons. The minimum absolute atomic E-state index is 0.0261. The standard InChI is InChI=1S/C16H26N2O2/c1-13-8-6-7-9-14(13)10-17(4)15(20)11-18(5)16(2,3)12-19/h6-9,19H,10-12H2,1-5H3. The molecule has 0 saturated heterocycles. The maximum Gasteiger partial charge on any atom is 0.236 e. The highest BCUT2D eigenvalue weighted by Gasteiger charge is 2.25. The third kappa shape index (κ3) is 4.32. The van der Waals surface area contributed by atoms with Crippen molar-refractivity contribution in [2.45, 2.75) is 32.9 Å². The molecule has 0 aromatic heterocycles. The first-order valence-electron chi connectivity index (χ1n) is 6.88. The third-order valence-corrected chi connectivity index (χ3v) is 3.89. The van der Waals surface area contributed by atoms with Crippen LogP contribution in [-0.4, -0.2) is 53.6 Å². The Morgan fingerprint density at radius 2 is 1.85 bits per heavy atom. The van der Waals surface area contributed by atoms with Crippen LogP contribution in [0.1, 0.15) is 25.0 Å². The van der Waals surface area contributed by atoms with Gasteiger partial charge in [-0.1, -0.05) is 24.3 Å². The molecule has 0 aliphatic rings. The lowest BCUT2D eigenvalue weighted by molar-refractivity contribution is -0.132. The molecule has 0 heterocycles. The molecular weight excluding hydrogens is 252 g/mol. The zero-order valence-electron chi connectivity index (χ0n) is 13.2. The molecule has 1 N–H and O–H groups in total. The summed E-state index contributed by atoms with van der Waals surface area (Å²) in [6.45, 7) is 6.82. The lowest BCUT2D eigenvalue weighted by atomic mass is 10.1. The van der Waals surface area contributed by atoms with Gasteiger partial charge in [-0.3, -0.25) is 9.69 Å². The molecule has 0 saturated carbocycles. The zero-order chi connectivity index (χ0) is 15.3. The Bertz CT molecular complexity index is 458. The zero-order valence-corrected chi connectivity index (χ0v) is 13.2. The predicted octanol–water partition coefficient (Wildman–Crippen LogP) is 1.66. The fourth-order valence-corrected chi connectivity index (χ4v) is 1.79. The van der Waals surface area contributed by atoms with Gasteiger partial charge >= 0.3 is 0 Å². The second kappa shape index (κ2) is 6.86. The molecule has 1 aromatic carbocycles. The van der Waals surface area contributed by atoms with E-state index >= 15 is 0 Å². The summed E-state index contributed by atoms with van der Waals surface area (Å²) < 4.78 is 0. The molecule has 4 heteroatoms. The molecule has 1 rings (SSSR count). The maximum absolute atomic E-state index is 12.2. The molecule has 20 heavy (non-hydrogen) atoms. The van der Waals surface area contributed by atoms with Crippen molar-refractivity contribution in [3.05, 3.63) is 35.4 Å². The van der Waals surface area contributed by atoms with Gasteiger partial charge in [0.05, 0.1) is 13.2 Å². The van der Waals surface area contributed by atoms with Gasteiger partial charge in [0.15, 0.2) is 0 Å². The van der Waals surface area contributed by atoms with Crippen LogP contribution in [0.4, 0.5) is 0 Å². The van der Waals surface area contributed by atoms with Crippen molar-refractivity contribution in [3.63, 3.8) is 0 Å². The summed E-state index contributed by atoms with van der Waals surface area (Å²) in [4.78, 5) is 15.8. The van der Waals surface area contributed by atoms with Crippen molar-refractivity contribution >= 4 is 5.91 Å². The number of carbonyl (C=O) groups excluding carboxylic acids is 1. The highest BCUT2D eigenvalue weighted by molar-refractivity contribution is 5.78. The normalized spacial score (nSPS) is 11.8. The number of hydrogen-bond acceptors (Lipinski definition) is 3. The molecule has 0 aliphatic heterocycles. The number of aliphatic hydroxyl groups excluding tert-OH is 1. The average molecular weight is 278 g/mol. The second-order valence-electron chi connectivity index (χ2n) is 6.00. The van der Waals surface area contributed by atoms with E-state index in [4.69, 9.17) is 0 Å². The first-order chi connectivity index (χ1) is 9.27. The maximum atomic E-state index is 12.2.